The molecule has 0 aliphatic heterocycles. The number of hydrogen-bond donors (Lipinski definition) is 1. The van der Waals surface area contributed by atoms with E-state index in [2.05, 4.69) is 9.97 Å². The number of hydrogen-bond acceptors (Lipinski definition) is 5. The highest BCUT2D eigenvalue weighted by Crippen LogP contribution is 2.39. The molecule has 0 amide bonds. The first-order chi connectivity index (χ1) is 10.3. The van der Waals surface area contributed by atoms with Crippen LogP contribution >= 0.6 is 11.3 Å². The van der Waals surface area contributed by atoms with E-state index in [1.807, 2.05) is 49.4 Å². The summed E-state index contributed by atoms with van der Waals surface area (Å²) in [6.45, 7) is 2.53. The van der Waals surface area contributed by atoms with Gasteiger partial charge in [-0.25, -0.2) is 0 Å². The molecule has 1 aromatic carbocycles. The van der Waals surface area contributed by atoms with Crippen molar-refractivity contribution in [2.75, 3.05) is 12.3 Å². The van der Waals surface area contributed by atoms with Gasteiger partial charge in [0.05, 0.1) is 17.2 Å². The molecule has 3 aromatic rings. The fourth-order valence-electron chi connectivity index (χ4n) is 1.96. The molecule has 0 saturated heterocycles. The van der Waals surface area contributed by atoms with Crippen LogP contribution in [-0.2, 0) is 0 Å². The highest BCUT2D eigenvalue weighted by molar-refractivity contribution is 7.18. The number of benzene rings is 1. The quantitative estimate of drug-likeness (QED) is 0.743. The third-order valence-corrected chi connectivity index (χ3v) is 4.04. The second kappa shape index (κ2) is 5.93. The SMILES string of the molecule is CCOc1nc(-c2ccccn2)sc1-c1ccc(N)cc1. The lowest BCUT2D eigenvalue weighted by Gasteiger charge is -2.03. The Bertz CT molecular complexity index is 723. The molecule has 2 aromatic heterocycles. The van der Waals surface area contributed by atoms with Gasteiger partial charge in [-0.15, -0.1) is 11.3 Å². The van der Waals surface area contributed by atoms with Gasteiger partial charge >= 0.3 is 0 Å². The van der Waals surface area contributed by atoms with Crippen molar-refractivity contribution in [2.24, 2.45) is 0 Å². The molecule has 0 saturated carbocycles. The van der Waals surface area contributed by atoms with Crippen molar-refractivity contribution < 1.29 is 4.74 Å². The lowest BCUT2D eigenvalue weighted by Crippen LogP contribution is -1.93. The molecule has 2 N–H and O–H groups in total. The molecule has 0 bridgehead atoms. The van der Waals surface area contributed by atoms with E-state index in [0.29, 0.717) is 12.5 Å². The highest BCUT2D eigenvalue weighted by atomic mass is 32.1. The van der Waals surface area contributed by atoms with Crippen LogP contribution < -0.4 is 10.5 Å². The molecule has 3 rings (SSSR count). The highest BCUT2D eigenvalue weighted by Gasteiger charge is 2.15. The molecular formula is C16H15N3OS. The van der Waals surface area contributed by atoms with Crippen LogP contribution in [0.2, 0.25) is 0 Å². The van der Waals surface area contributed by atoms with E-state index in [1.165, 1.54) is 0 Å². The summed E-state index contributed by atoms with van der Waals surface area (Å²) < 4.78 is 5.66. The van der Waals surface area contributed by atoms with Gasteiger partial charge in [0.1, 0.15) is 5.01 Å². The molecule has 0 radical (unpaired) electrons. The van der Waals surface area contributed by atoms with Crippen LogP contribution in [0.3, 0.4) is 0 Å². The van der Waals surface area contributed by atoms with Gasteiger partial charge in [0, 0.05) is 11.9 Å². The molecule has 2 heterocycles. The Labute approximate surface area is 127 Å². The first-order valence-corrected chi connectivity index (χ1v) is 7.50. The monoisotopic (exact) mass is 297 g/mol. The first kappa shape index (κ1) is 13.6. The van der Waals surface area contributed by atoms with Crippen molar-refractivity contribution in [2.45, 2.75) is 6.92 Å². The van der Waals surface area contributed by atoms with Crippen LogP contribution in [0.4, 0.5) is 5.69 Å². The second-order valence-corrected chi connectivity index (χ2v) is 5.42. The average Bonchev–Trinajstić information content (AvgIpc) is 2.93. The van der Waals surface area contributed by atoms with Crippen LogP contribution in [0.25, 0.3) is 21.1 Å². The summed E-state index contributed by atoms with van der Waals surface area (Å²) in [6, 6.07) is 13.5. The van der Waals surface area contributed by atoms with Gasteiger partial charge in [-0.1, -0.05) is 18.2 Å². The Kier molecular flexibility index (Phi) is 3.83. The summed E-state index contributed by atoms with van der Waals surface area (Å²) in [5.74, 6) is 0.646. The third kappa shape index (κ3) is 2.87. The van der Waals surface area contributed by atoms with Crippen LogP contribution in [-0.4, -0.2) is 16.6 Å². The summed E-state index contributed by atoms with van der Waals surface area (Å²) in [5, 5.41) is 0.853. The molecule has 5 heteroatoms. The Morgan fingerprint density at radius 2 is 1.95 bits per heavy atom. The third-order valence-electron chi connectivity index (χ3n) is 2.93. The van der Waals surface area contributed by atoms with Gasteiger partial charge in [0.2, 0.25) is 5.88 Å². The van der Waals surface area contributed by atoms with Gasteiger partial charge in [-0.05, 0) is 36.8 Å². The predicted octanol–water partition coefficient (Wildman–Crippen LogP) is 3.85. The van der Waals surface area contributed by atoms with E-state index in [-0.39, 0.29) is 0 Å². The summed E-state index contributed by atoms with van der Waals surface area (Å²) in [4.78, 5) is 9.91. The molecule has 0 fully saturated rings. The maximum absolute atomic E-state index is 5.74. The van der Waals surface area contributed by atoms with Gasteiger partial charge in [0.15, 0.2) is 0 Å². The van der Waals surface area contributed by atoms with E-state index in [9.17, 15) is 0 Å². The largest absolute Gasteiger partial charge is 0.477 e. The molecule has 106 valence electrons. The number of thiazole rings is 1. The minimum Gasteiger partial charge on any atom is -0.477 e. The predicted molar refractivity (Wildman–Crippen MR) is 86.4 cm³/mol. The number of rotatable bonds is 4. The molecule has 4 nitrogen and oxygen atoms in total. The lowest BCUT2D eigenvalue weighted by molar-refractivity contribution is 0.330. The molecular weight excluding hydrogens is 282 g/mol. The van der Waals surface area contributed by atoms with Gasteiger partial charge < -0.3 is 10.5 Å². The molecule has 0 aliphatic rings. The Morgan fingerprint density at radius 3 is 2.62 bits per heavy atom. The van der Waals surface area contributed by atoms with Gasteiger partial charge in [-0.3, -0.25) is 4.98 Å². The van der Waals surface area contributed by atoms with Crippen molar-refractivity contribution >= 4 is 17.0 Å². The van der Waals surface area contributed by atoms with Crippen molar-refractivity contribution in [1.29, 1.82) is 0 Å². The second-order valence-electron chi connectivity index (χ2n) is 4.42. The zero-order chi connectivity index (χ0) is 14.7. The number of nitrogens with two attached hydrogens (primary N) is 1. The minimum absolute atomic E-state index is 0.577. The van der Waals surface area contributed by atoms with Crippen molar-refractivity contribution in [3.05, 3.63) is 48.7 Å². The maximum atomic E-state index is 5.74. The Balaban J connectivity index is 2.06. The lowest BCUT2D eigenvalue weighted by atomic mass is 10.2. The maximum Gasteiger partial charge on any atom is 0.233 e. The smallest absolute Gasteiger partial charge is 0.233 e. The fraction of sp³-hybridized carbons (Fsp3) is 0.125. The van der Waals surface area contributed by atoms with Gasteiger partial charge in [-0.2, -0.15) is 4.98 Å². The molecule has 0 atom stereocenters. The van der Waals surface area contributed by atoms with E-state index >= 15 is 0 Å². The molecule has 0 unspecified atom stereocenters. The van der Waals surface area contributed by atoms with E-state index < -0.39 is 0 Å². The van der Waals surface area contributed by atoms with Crippen molar-refractivity contribution in [3.8, 4) is 27.0 Å². The van der Waals surface area contributed by atoms with Crippen molar-refractivity contribution in [3.63, 3.8) is 0 Å². The summed E-state index contributed by atoms with van der Waals surface area (Å²) in [7, 11) is 0. The number of aromatic nitrogens is 2. The zero-order valence-electron chi connectivity index (χ0n) is 11.6. The summed E-state index contributed by atoms with van der Waals surface area (Å²) in [6.07, 6.45) is 1.76. The van der Waals surface area contributed by atoms with Crippen molar-refractivity contribution in [1.82, 2.24) is 9.97 Å². The molecule has 0 aliphatic carbocycles. The molecule has 0 spiro atoms. The van der Waals surface area contributed by atoms with E-state index in [1.54, 1.807) is 17.5 Å². The number of nitrogens with zero attached hydrogens (tertiary/aromatic N) is 2. The minimum atomic E-state index is 0.577. The Hall–Kier alpha value is -2.40. The normalized spacial score (nSPS) is 10.5. The summed E-state index contributed by atoms with van der Waals surface area (Å²) >= 11 is 1.57. The number of anilines is 1. The van der Waals surface area contributed by atoms with E-state index in [0.717, 1.165) is 26.8 Å². The number of nitrogen functional groups attached to an aromatic ring is 1. The van der Waals surface area contributed by atoms with Crippen LogP contribution in [0.1, 0.15) is 6.92 Å². The average molecular weight is 297 g/mol. The van der Waals surface area contributed by atoms with Gasteiger partial charge in [0.25, 0.3) is 0 Å². The summed E-state index contributed by atoms with van der Waals surface area (Å²) in [5.41, 5.74) is 8.39. The fourth-order valence-corrected chi connectivity index (χ4v) is 2.95. The standard InChI is InChI=1S/C16H15N3OS/c1-2-20-15-14(11-6-8-12(17)9-7-11)21-16(19-15)13-5-3-4-10-18-13/h3-10H,2,17H2,1H3. The number of pyridine rings is 1. The van der Waals surface area contributed by atoms with Crippen LogP contribution in [0.5, 0.6) is 5.88 Å². The van der Waals surface area contributed by atoms with E-state index in [4.69, 9.17) is 10.5 Å². The first-order valence-electron chi connectivity index (χ1n) is 6.69. The number of ether oxygens (including phenoxy) is 1. The topological polar surface area (TPSA) is 61.0 Å². The molecule has 21 heavy (non-hydrogen) atoms. The van der Waals surface area contributed by atoms with Crippen LogP contribution in [0.15, 0.2) is 48.7 Å². The zero-order valence-corrected chi connectivity index (χ0v) is 12.4. The van der Waals surface area contributed by atoms with Crippen LogP contribution in [0, 0.1) is 0 Å². The Morgan fingerprint density at radius 1 is 1.14 bits per heavy atom.